The second kappa shape index (κ2) is 2.38. The van der Waals surface area contributed by atoms with Crippen molar-refractivity contribution in [3.63, 3.8) is 0 Å². The van der Waals surface area contributed by atoms with E-state index in [9.17, 15) is 4.39 Å². The molecule has 1 unspecified atom stereocenters. The Morgan fingerprint density at radius 2 is 2.09 bits per heavy atom. The number of fused-ring (bicyclic) bond motifs is 1. The monoisotopic (exact) mass is 149 g/mol. The van der Waals surface area contributed by atoms with Crippen LogP contribution in [0.1, 0.15) is 5.56 Å². The molecule has 0 saturated heterocycles. The van der Waals surface area contributed by atoms with Gasteiger partial charge in [-0.1, -0.05) is 24.3 Å². The van der Waals surface area contributed by atoms with Crippen LogP contribution in [0.3, 0.4) is 0 Å². The van der Waals surface area contributed by atoms with Crippen LogP contribution in [-0.4, -0.2) is 6.30 Å². The van der Waals surface area contributed by atoms with E-state index in [1.807, 2.05) is 24.3 Å². The largest absolute Gasteiger partial charge is 0.352 e. The minimum Gasteiger partial charge on any atom is -0.352 e. The van der Waals surface area contributed by atoms with E-state index in [1.54, 1.807) is 6.08 Å². The van der Waals surface area contributed by atoms with Crippen LogP contribution in [0.5, 0.6) is 0 Å². The predicted molar refractivity (Wildman–Crippen MR) is 44.0 cm³/mol. The van der Waals surface area contributed by atoms with Crippen molar-refractivity contribution < 1.29 is 4.39 Å². The van der Waals surface area contributed by atoms with Gasteiger partial charge in [0.05, 0.1) is 0 Å². The molecule has 0 spiro atoms. The molecule has 1 atom stereocenters. The number of alkyl halides is 1. The standard InChI is InChI=1S/C9H8FN/c10-9-6-5-7-3-1-2-4-8(7)11-9/h1-6,9,11H. The minimum absolute atomic E-state index is 0.863. The average molecular weight is 149 g/mol. The Morgan fingerprint density at radius 1 is 1.27 bits per heavy atom. The highest BCUT2D eigenvalue weighted by Gasteiger charge is 2.08. The first-order chi connectivity index (χ1) is 5.36. The molecule has 1 heterocycles. The SMILES string of the molecule is FC1C=Cc2ccccc2N1. The van der Waals surface area contributed by atoms with Crippen molar-refractivity contribution >= 4 is 11.8 Å². The Morgan fingerprint density at radius 3 is 3.00 bits per heavy atom. The molecule has 0 fully saturated rings. The van der Waals surface area contributed by atoms with Crippen molar-refractivity contribution in [1.82, 2.24) is 0 Å². The summed E-state index contributed by atoms with van der Waals surface area (Å²) in [6.45, 7) is 0. The number of anilines is 1. The Labute approximate surface area is 64.5 Å². The molecular weight excluding hydrogens is 141 g/mol. The van der Waals surface area contributed by atoms with Gasteiger partial charge in [-0.2, -0.15) is 0 Å². The zero-order valence-corrected chi connectivity index (χ0v) is 5.92. The molecule has 2 rings (SSSR count). The lowest BCUT2D eigenvalue weighted by Gasteiger charge is -2.15. The highest BCUT2D eigenvalue weighted by atomic mass is 19.1. The van der Waals surface area contributed by atoms with E-state index >= 15 is 0 Å². The zero-order chi connectivity index (χ0) is 7.68. The fourth-order valence-electron chi connectivity index (χ4n) is 1.16. The molecule has 56 valence electrons. The number of benzene rings is 1. The van der Waals surface area contributed by atoms with Crippen molar-refractivity contribution in [2.45, 2.75) is 6.30 Å². The molecule has 1 aromatic rings. The quantitative estimate of drug-likeness (QED) is 0.558. The van der Waals surface area contributed by atoms with Crippen LogP contribution in [0.25, 0.3) is 6.08 Å². The maximum Gasteiger partial charge on any atom is 0.189 e. The molecule has 1 aliphatic heterocycles. The highest BCUT2D eigenvalue weighted by Crippen LogP contribution is 2.22. The van der Waals surface area contributed by atoms with Crippen LogP contribution in [-0.2, 0) is 0 Å². The normalized spacial score (nSPS) is 20.6. The topological polar surface area (TPSA) is 12.0 Å². The van der Waals surface area contributed by atoms with Gasteiger partial charge in [-0.05, 0) is 17.7 Å². The van der Waals surface area contributed by atoms with Crippen molar-refractivity contribution in [3.8, 4) is 0 Å². The molecule has 0 aromatic heterocycles. The summed E-state index contributed by atoms with van der Waals surface area (Å²) in [6.07, 6.45) is 2.25. The summed E-state index contributed by atoms with van der Waals surface area (Å²) in [4.78, 5) is 0. The van der Waals surface area contributed by atoms with Gasteiger partial charge in [-0.3, -0.25) is 0 Å². The predicted octanol–water partition coefficient (Wildman–Crippen LogP) is 2.42. The molecule has 0 bridgehead atoms. The van der Waals surface area contributed by atoms with E-state index in [0.29, 0.717) is 0 Å². The summed E-state index contributed by atoms with van der Waals surface area (Å²) in [5.41, 5.74) is 1.91. The number of rotatable bonds is 0. The maximum absolute atomic E-state index is 12.7. The lowest BCUT2D eigenvalue weighted by molar-refractivity contribution is 0.441. The molecule has 0 amide bonds. The molecule has 0 radical (unpaired) electrons. The van der Waals surface area contributed by atoms with Gasteiger partial charge in [0.25, 0.3) is 0 Å². The Hall–Kier alpha value is -1.31. The van der Waals surface area contributed by atoms with Gasteiger partial charge < -0.3 is 5.32 Å². The Kier molecular flexibility index (Phi) is 1.39. The number of nitrogens with one attached hydrogen (secondary N) is 1. The maximum atomic E-state index is 12.7. The first-order valence-corrected chi connectivity index (χ1v) is 3.54. The Bertz CT molecular complexity index is 293. The van der Waals surface area contributed by atoms with E-state index in [1.165, 1.54) is 6.08 Å². The molecule has 1 aliphatic rings. The van der Waals surface area contributed by atoms with Gasteiger partial charge in [0.2, 0.25) is 0 Å². The van der Waals surface area contributed by atoms with Crippen LogP contribution in [0.15, 0.2) is 30.3 Å². The van der Waals surface area contributed by atoms with E-state index in [4.69, 9.17) is 0 Å². The summed E-state index contributed by atoms with van der Waals surface area (Å²) in [6, 6.07) is 7.64. The van der Waals surface area contributed by atoms with Crippen molar-refractivity contribution in [2.75, 3.05) is 5.32 Å². The van der Waals surface area contributed by atoms with Crippen molar-refractivity contribution in [3.05, 3.63) is 35.9 Å². The number of hydrogen-bond acceptors (Lipinski definition) is 1. The molecular formula is C9H8FN. The van der Waals surface area contributed by atoms with Gasteiger partial charge in [0, 0.05) is 5.69 Å². The van der Waals surface area contributed by atoms with Crippen LogP contribution in [0.4, 0.5) is 10.1 Å². The Balaban J connectivity index is 2.46. The van der Waals surface area contributed by atoms with E-state index in [2.05, 4.69) is 5.32 Å². The van der Waals surface area contributed by atoms with Gasteiger partial charge in [-0.15, -0.1) is 0 Å². The third-order valence-electron chi connectivity index (χ3n) is 1.70. The van der Waals surface area contributed by atoms with Crippen LogP contribution >= 0.6 is 0 Å². The third kappa shape index (κ3) is 1.11. The van der Waals surface area contributed by atoms with Gasteiger partial charge in [0.1, 0.15) is 0 Å². The summed E-state index contributed by atoms with van der Waals surface area (Å²) in [7, 11) is 0. The highest BCUT2D eigenvalue weighted by molar-refractivity contribution is 5.70. The lowest BCUT2D eigenvalue weighted by atomic mass is 10.1. The molecule has 0 saturated carbocycles. The number of para-hydroxylation sites is 1. The average Bonchev–Trinajstić information content (AvgIpc) is 2.04. The van der Waals surface area contributed by atoms with E-state index < -0.39 is 6.30 Å². The summed E-state index contributed by atoms with van der Waals surface area (Å²) < 4.78 is 12.7. The van der Waals surface area contributed by atoms with Crippen LogP contribution in [0.2, 0.25) is 0 Å². The van der Waals surface area contributed by atoms with Gasteiger partial charge in [-0.25, -0.2) is 4.39 Å². The molecule has 2 heteroatoms. The number of hydrogen-bond donors (Lipinski definition) is 1. The number of halogens is 1. The first-order valence-electron chi connectivity index (χ1n) is 3.54. The van der Waals surface area contributed by atoms with E-state index in [-0.39, 0.29) is 0 Å². The van der Waals surface area contributed by atoms with Gasteiger partial charge >= 0.3 is 0 Å². The summed E-state index contributed by atoms with van der Waals surface area (Å²) in [5.74, 6) is 0. The molecule has 1 aromatic carbocycles. The lowest BCUT2D eigenvalue weighted by Crippen LogP contribution is -2.13. The molecule has 1 N–H and O–H groups in total. The van der Waals surface area contributed by atoms with Crippen LogP contribution in [0, 0.1) is 0 Å². The smallest absolute Gasteiger partial charge is 0.189 e. The van der Waals surface area contributed by atoms with E-state index in [0.717, 1.165) is 11.3 Å². The second-order valence-electron chi connectivity index (χ2n) is 2.49. The van der Waals surface area contributed by atoms with Crippen molar-refractivity contribution in [1.29, 1.82) is 0 Å². The summed E-state index contributed by atoms with van der Waals surface area (Å²) in [5, 5.41) is 2.71. The van der Waals surface area contributed by atoms with Crippen LogP contribution < -0.4 is 5.32 Å². The van der Waals surface area contributed by atoms with Gasteiger partial charge in [0.15, 0.2) is 6.30 Å². The minimum atomic E-state index is -1.04. The molecule has 0 aliphatic carbocycles. The fourth-order valence-corrected chi connectivity index (χ4v) is 1.16. The summed E-state index contributed by atoms with van der Waals surface area (Å²) >= 11 is 0. The molecule has 11 heavy (non-hydrogen) atoms. The third-order valence-corrected chi connectivity index (χ3v) is 1.70. The first kappa shape index (κ1) is 6.40. The van der Waals surface area contributed by atoms with Crippen molar-refractivity contribution in [2.24, 2.45) is 0 Å². The molecule has 1 nitrogen and oxygen atoms in total. The second-order valence-corrected chi connectivity index (χ2v) is 2.49. The fraction of sp³-hybridized carbons (Fsp3) is 0.111. The zero-order valence-electron chi connectivity index (χ0n) is 5.92.